The number of hydrogen-bond donors (Lipinski definition) is 3. The van der Waals surface area contributed by atoms with E-state index in [1.807, 2.05) is 42.6 Å². The molecule has 2 amide bonds. The smallest absolute Gasteiger partial charge is 0.251 e. The molecular formula is C24H22N4O2. The molecule has 30 heavy (non-hydrogen) atoms. The van der Waals surface area contributed by atoms with Crippen LogP contribution in [0, 0.1) is 0 Å². The quantitative estimate of drug-likeness (QED) is 0.446. The summed E-state index contributed by atoms with van der Waals surface area (Å²) in [5, 5.41) is 6.92. The summed E-state index contributed by atoms with van der Waals surface area (Å²) in [5.41, 5.74) is 3.92. The number of hydrogen-bond acceptors (Lipinski definition) is 3. The molecule has 0 radical (unpaired) electrons. The number of nitrogens with zero attached hydrogens (tertiary/aromatic N) is 1. The van der Waals surface area contributed by atoms with Crippen LogP contribution in [0.15, 0.2) is 79.1 Å². The molecule has 150 valence electrons. The van der Waals surface area contributed by atoms with E-state index in [4.69, 9.17) is 0 Å². The summed E-state index contributed by atoms with van der Waals surface area (Å²) in [4.78, 5) is 32.4. The third kappa shape index (κ3) is 4.55. The zero-order chi connectivity index (χ0) is 20.8. The molecule has 2 aromatic heterocycles. The Morgan fingerprint density at radius 3 is 2.43 bits per heavy atom. The van der Waals surface area contributed by atoms with Crippen molar-refractivity contribution in [3.63, 3.8) is 0 Å². The zero-order valence-electron chi connectivity index (χ0n) is 16.4. The third-order valence-electron chi connectivity index (χ3n) is 4.90. The Morgan fingerprint density at radius 1 is 0.867 bits per heavy atom. The van der Waals surface area contributed by atoms with Gasteiger partial charge in [0.05, 0.1) is 12.2 Å². The number of aromatic nitrogens is 2. The first kappa shape index (κ1) is 19.4. The van der Waals surface area contributed by atoms with E-state index in [0.29, 0.717) is 24.2 Å². The summed E-state index contributed by atoms with van der Waals surface area (Å²) in [6.07, 6.45) is 4.38. The average Bonchev–Trinajstić information content (AvgIpc) is 3.21. The van der Waals surface area contributed by atoms with Gasteiger partial charge in [-0.1, -0.05) is 30.3 Å². The van der Waals surface area contributed by atoms with Crippen LogP contribution in [-0.2, 0) is 13.0 Å². The van der Waals surface area contributed by atoms with Crippen molar-refractivity contribution in [1.82, 2.24) is 20.6 Å². The van der Waals surface area contributed by atoms with Crippen molar-refractivity contribution in [3.05, 3.63) is 102 Å². The van der Waals surface area contributed by atoms with Crippen molar-refractivity contribution in [2.24, 2.45) is 0 Å². The molecule has 4 rings (SSSR count). The van der Waals surface area contributed by atoms with Gasteiger partial charge in [0.1, 0.15) is 0 Å². The molecule has 0 aliphatic rings. The summed E-state index contributed by atoms with van der Waals surface area (Å²) in [6.45, 7) is 0.845. The minimum Gasteiger partial charge on any atom is -0.361 e. The molecule has 3 N–H and O–H groups in total. The van der Waals surface area contributed by atoms with E-state index in [0.717, 1.165) is 23.2 Å². The number of carbonyl (C=O) groups is 2. The van der Waals surface area contributed by atoms with Gasteiger partial charge < -0.3 is 15.6 Å². The van der Waals surface area contributed by atoms with Crippen molar-refractivity contribution in [1.29, 1.82) is 0 Å². The third-order valence-corrected chi connectivity index (χ3v) is 4.90. The van der Waals surface area contributed by atoms with Crippen LogP contribution in [0.2, 0.25) is 0 Å². The molecule has 2 heterocycles. The van der Waals surface area contributed by atoms with E-state index in [1.54, 1.807) is 30.5 Å². The van der Waals surface area contributed by atoms with Crippen LogP contribution < -0.4 is 10.6 Å². The van der Waals surface area contributed by atoms with Gasteiger partial charge in [0, 0.05) is 41.0 Å². The van der Waals surface area contributed by atoms with E-state index in [2.05, 4.69) is 26.7 Å². The maximum Gasteiger partial charge on any atom is 0.251 e. The first-order valence-electron chi connectivity index (χ1n) is 9.82. The minimum atomic E-state index is -0.242. The Hall–Kier alpha value is -3.93. The maximum absolute atomic E-state index is 12.5. The number of H-pyrrole nitrogens is 1. The van der Waals surface area contributed by atoms with Gasteiger partial charge in [-0.15, -0.1) is 0 Å². The molecule has 0 bridgehead atoms. The van der Waals surface area contributed by atoms with Crippen LogP contribution in [0.25, 0.3) is 10.9 Å². The summed E-state index contributed by atoms with van der Waals surface area (Å²) < 4.78 is 0. The second-order valence-corrected chi connectivity index (χ2v) is 6.95. The first-order chi connectivity index (χ1) is 14.7. The van der Waals surface area contributed by atoms with Crippen LogP contribution in [0.4, 0.5) is 0 Å². The van der Waals surface area contributed by atoms with Gasteiger partial charge in [0.15, 0.2) is 0 Å². The van der Waals surface area contributed by atoms with E-state index in [-0.39, 0.29) is 11.8 Å². The van der Waals surface area contributed by atoms with Crippen LogP contribution in [-0.4, -0.2) is 28.3 Å². The standard InChI is InChI=1S/C24H22N4O2/c29-23(26-13-11-19-15-27-22-10-2-1-9-21(19)22)17-6-5-7-18(14-17)24(30)28-16-20-8-3-4-12-25-20/h1-10,12,14-15,27H,11,13,16H2,(H,26,29)(H,28,30). The Labute approximate surface area is 174 Å². The Morgan fingerprint density at radius 2 is 1.63 bits per heavy atom. The summed E-state index contributed by atoms with van der Waals surface area (Å²) in [5.74, 6) is -0.441. The maximum atomic E-state index is 12.5. The lowest BCUT2D eigenvalue weighted by atomic mass is 10.1. The predicted molar refractivity (Wildman–Crippen MR) is 116 cm³/mol. The normalized spacial score (nSPS) is 10.7. The van der Waals surface area contributed by atoms with Gasteiger partial charge in [-0.2, -0.15) is 0 Å². The van der Waals surface area contributed by atoms with Crippen molar-refractivity contribution in [3.8, 4) is 0 Å². The molecule has 0 aliphatic carbocycles. The van der Waals surface area contributed by atoms with Gasteiger partial charge >= 0.3 is 0 Å². The van der Waals surface area contributed by atoms with Gasteiger partial charge in [-0.25, -0.2) is 0 Å². The lowest BCUT2D eigenvalue weighted by molar-refractivity contribution is 0.0950. The number of amides is 2. The highest BCUT2D eigenvalue weighted by atomic mass is 16.2. The molecule has 0 saturated heterocycles. The number of pyridine rings is 1. The number of rotatable bonds is 7. The second kappa shape index (κ2) is 9.05. The van der Waals surface area contributed by atoms with Crippen LogP contribution in [0.1, 0.15) is 32.0 Å². The highest BCUT2D eigenvalue weighted by molar-refractivity contribution is 5.99. The lowest BCUT2D eigenvalue weighted by Gasteiger charge is -2.08. The van der Waals surface area contributed by atoms with Crippen molar-refractivity contribution < 1.29 is 9.59 Å². The molecule has 0 spiro atoms. The van der Waals surface area contributed by atoms with Crippen LogP contribution in [0.3, 0.4) is 0 Å². The SMILES string of the molecule is O=C(NCCc1c[nH]c2ccccc12)c1cccc(C(=O)NCc2ccccn2)c1. The number of para-hydroxylation sites is 1. The van der Waals surface area contributed by atoms with Gasteiger partial charge in [0.25, 0.3) is 11.8 Å². The van der Waals surface area contributed by atoms with Crippen molar-refractivity contribution in [2.75, 3.05) is 6.54 Å². The van der Waals surface area contributed by atoms with E-state index in [9.17, 15) is 9.59 Å². The Kier molecular flexibility index (Phi) is 5.85. The fraction of sp³-hybridized carbons (Fsp3) is 0.125. The molecular weight excluding hydrogens is 376 g/mol. The van der Waals surface area contributed by atoms with Gasteiger partial charge in [-0.3, -0.25) is 14.6 Å². The van der Waals surface area contributed by atoms with Crippen LogP contribution >= 0.6 is 0 Å². The largest absolute Gasteiger partial charge is 0.361 e. The molecule has 4 aromatic rings. The topological polar surface area (TPSA) is 86.9 Å². The molecule has 0 fully saturated rings. The van der Waals surface area contributed by atoms with Crippen LogP contribution in [0.5, 0.6) is 0 Å². The lowest BCUT2D eigenvalue weighted by Crippen LogP contribution is -2.27. The number of fused-ring (bicyclic) bond motifs is 1. The minimum absolute atomic E-state index is 0.200. The first-order valence-corrected chi connectivity index (χ1v) is 9.82. The Bertz CT molecular complexity index is 1170. The molecule has 0 aliphatic heterocycles. The van der Waals surface area contributed by atoms with Crippen molar-refractivity contribution >= 4 is 22.7 Å². The monoisotopic (exact) mass is 398 g/mol. The zero-order valence-corrected chi connectivity index (χ0v) is 16.4. The fourth-order valence-electron chi connectivity index (χ4n) is 3.33. The molecule has 6 nitrogen and oxygen atoms in total. The molecule has 0 saturated carbocycles. The molecule has 0 unspecified atom stereocenters. The average molecular weight is 398 g/mol. The Balaban J connectivity index is 1.33. The van der Waals surface area contributed by atoms with Gasteiger partial charge in [0.2, 0.25) is 0 Å². The number of benzene rings is 2. The summed E-state index contributed by atoms with van der Waals surface area (Å²) in [6, 6.07) is 20.3. The van der Waals surface area contributed by atoms with Crippen molar-refractivity contribution in [2.45, 2.75) is 13.0 Å². The summed E-state index contributed by atoms with van der Waals surface area (Å²) >= 11 is 0. The van der Waals surface area contributed by atoms with E-state index < -0.39 is 0 Å². The molecule has 6 heteroatoms. The fourth-order valence-corrected chi connectivity index (χ4v) is 3.33. The van der Waals surface area contributed by atoms with Gasteiger partial charge in [-0.05, 0) is 48.4 Å². The van der Waals surface area contributed by atoms with E-state index in [1.165, 1.54) is 5.39 Å². The highest BCUT2D eigenvalue weighted by Crippen LogP contribution is 2.17. The van der Waals surface area contributed by atoms with E-state index >= 15 is 0 Å². The number of carbonyl (C=O) groups excluding carboxylic acids is 2. The molecule has 0 atom stereocenters. The highest BCUT2D eigenvalue weighted by Gasteiger charge is 2.11. The number of aromatic amines is 1. The number of nitrogens with one attached hydrogen (secondary N) is 3. The predicted octanol–water partition coefficient (Wildman–Crippen LogP) is 3.47. The summed E-state index contributed by atoms with van der Waals surface area (Å²) in [7, 11) is 0. The second-order valence-electron chi connectivity index (χ2n) is 6.95. The molecule has 2 aromatic carbocycles.